The van der Waals surface area contributed by atoms with E-state index in [1.807, 2.05) is 32.0 Å². The summed E-state index contributed by atoms with van der Waals surface area (Å²) in [4.78, 5) is 11.9. The normalized spacial score (nSPS) is 10.3. The van der Waals surface area contributed by atoms with E-state index >= 15 is 0 Å². The molecule has 0 aliphatic rings. The molecule has 0 fully saturated rings. The molecule has 0 unspecified atom stereocenters. The van der Waals surface area contributed by atoms with Crippen molar-refractivity contribution < 1.29 is 14.3 Å². The number of rotatable bonds is 3. The molecule has 2 aromatic rings. The number of carbonyl (C=O) groups excluding carboxylic acids is 1. The summed E-state index contributed by atoms with van der Waals surface area (Å²) in [6.45, 7) is 3.89. The molecule has 2 aromatic carbocycles. The average molecular weight is 273 g/mol. The average Bonchev–Trinajstić information content (AvgIpc) is 2.37. The molecule has 0 aromatic heterocycles. The Morgan fingerprint density at radius 2 is 1.95 bits per heavy atom. The Bertz CT molecular complexity index is 653. The van der Waals surface area contributed by atoms with Crippen LogP contribution in [0.5, 0.6) is 5.75 Å². The van der Waals surface area contributed by atoms with E-state index in [2.05, 4.69) is 5.32 Å². The van der Waals surface area contributed by atoms with Gasteiger partial charge >= 0.3 is 0 Å². The lowest BCUT2D eigenvalue weighted by atomic mass is 10.0. The fourth-order valence-electron chi connectivity index (χ4n) is 1.96. The van der Waals surface area contributed by atoms with Gasteiger partial charge in [0.25, 0.3) is 0 Å². The van der Waals surface area contributed by atoms with E-state index in [-0.39, 0.29) is 23.8 Å². The SMILES string of the molecule is Cc1ccc(C)c(CC(=O)Nc2ccc(O)cc2F)c1. The largest absolute Gasteiger partial charge is 0.508 e. The van der Waals surface area contributed by atoms with Crippen LogP contribution in [0.4, 0.5) is 10.1 Å². The quantitative estimate of drug-likeness (QED) is 0.843. The first-order valence-electron chi connectivity index (χ1n) is 6.30. The summed E-state index contributed by atoms with van der Waals surface area (Å²) in [6.07, 6.45) is 0.188. The maximum absolute atomic E-state index is 13.5. The first-order chi connectivity index (χ1) is 9.45. The molecule has 0 spiro atoms. The van der Waals surface area contributed by atoms with Crippen molar-refractivity contribution in [2.24, 2.45) is 0 Å². The van der Waals surface area contributed by atoms with Gasteiger partial charge in [0, 0.05) is 6.07 Å². The van der Waals surface area contributed by atoms with Gasteiger partial charge in [-0.15, -0.1) is 0 Å². The number of halogens is 1. The topological polar surface area (TPSA) is 49.3 Å². The minimum Gasteiger partial charge on any atom is -0.508 e. The molecule has 0 saturated carbocycles. The molecule has 0 saturated heterocycles. The van der Waals surface area contributed by atoms with Crippen LogP contribution in [0.1, 0.15) is 16.7 Å². The van der Waals surface area contributed by atoms with E-state index in [1.165, 1.54) is 12.1 Å². The van der Waals surface area contributed by atoms with Crippen molar-refractivity contribution in [1.29, 1.82) is 0 Å². The number of aryl methyl sites for hydroxylation is 2. The van der Waals surface area contributed by atoms with Gasteiger partial charge in [-0.05, 0) is 37.1 Å². The molecular formula is C16H16FNO2. The minimum atomic E-state index is -0.653. The number of carbonyl (C=O) groups is 1. The summed E-state index contributed by atoms with van der Waals surface area (Å²) in [5.41, 5.74) is 3.09. The maximum atomic E-state index is 13.5. The first-order valence-corrected chi connectivity index (χ1v) is 6.30. The second-order valence-electron chi connectivity index (χ2n) is 4.82. The molecule has 2 N–H and O–H groups in total. The fraction of sp³-hybridized carbons (Fsp3) is 0.188. The smallest absolute Gasteiger partial charge is 0.228 e. The summed E-state index contributed by atoms with van der Waals surface area (Å²) < 4.78 is 13.5. The number of nitrogens with one attached hydrogen (secondary N) is 1. The van der Waals surface area contributed by atoms with E-state index in [0.29, 0.717) is 0 Å². The van der Waals surface area contributed by atoms with Crippen LogP contribution >= 0.6 is 0 Å². The van der Waals surface area contributed by atoms with Gasteiger partial charge in [-0.2, -0.15) is 0 Å². The first kappa shape index (κ1) is 14.1. The molecule has 0 aliphatic carbocycles. The zero-order valence-corrected chi connectivity index (χ0v) is 11.4. The number of hydrogen-bond acceptors (Lipinski definition) is 2. The standard InChI is InChI=1S/C16H16FNO2/c1-10-3-4-11(2)12(7-10)8-16(20)18-15-6-5-13(19)9-14(15)17/h3-7,9,19H,8H2,1-2H3,(H,18,20). The molecule has 1 amide bonds. The molecule has 0 atom stereocenters. The van der Waals surface area contributed by atoms with E-state index in [1.54, 1.807) is 0 Å². The predicted octanol–water partition coefficient (Wildman–Crippen LogP) is 3.33. The highest BCUT2D eigenvalue weighted by Gasteiger charge is 2.10. The van der Waals surface area contributed by atoms with Crippen molar-refractivity contribution >= 4 is 11.6 Å². The monoisotopic (exact) mass is 273 g/mol. The Morgan fingerprint density at radius 1 is 1.20 bits per heavy atom. The number of amides is 1. The zero-order valence-electron chi connectivity index (χ0n) is 11.4. The molecule has 20 heavy (non-hydrogen) atoms. The third kappa shape index (κ3) is 3.35. The number of aromatic hydroxyl groups is 1. The highest BCUT2D eigenvalue weighted by atomic mass is 19.1. The van der Waals surface area contributed by atoms with Crippen LogP contribution in [0.3, 0.4) is 0 Å². The van der Waals surface area contributed by atoms with Crippen LogP contribution in [0.2, 0.25) is 0 Å². The summed E-state index contributed by atoms with van der Waals surface area (Å²) in [7, 11) is 0. The molecule has 0 aliphatic heterocycles. The van der Waals surface area contributed by atoms with Crippen molar-refractivity contribution in [3.05, 3.63) is 58.9 Å². The Labute approximate surface area is 117 Å². The zero-order chi connectivity index (χ0) is 14.7. The fourth-order valence-corrected chi connectivity index (χ4v) is 1.96. The van der Waals surface area contributed by atoms with Gasteiger partial charge in [0.1, 0.15) is 11.6 Å². The number of phenols is 1. The summed E-state index contributed by atoms with van der Waals surface area (Å²) in [6, 6.07) is 9.52. The Kier molecular flexibility index (Phi) is 4.03. The molecule has 104 valence electrons. The summed E-state index contributed by atoms with van der Waals surface area (Å²) in [5, 5.41) is 11.6. The van der Waals surface area contributed by atoms with E-state index in [0.717, 1.165) is 22.8 Å². The highest BCUT2D eigenvalue weighted by Crippen LogP contribution is 2.20. The minimum absolute atomic E-state index is 0.0677. The van der Waals surface area contributed by atoms with Gasteiger partial charge < -0.3 is 10.4 Å². The van der Waals surface area contributed by atoms with Crippen molar-refractivity contribution in [3.63, 3.8) is 0 Å². The summed E-state index contributed by atoms with van der Waals surface area (Å²) in [5.74, 6) is -1.11. The van der Waals surface area contributed by atoms with Gasteiger partial charge in [-0.1, -0.05) is 23.8 Å². The number of hydrogen-bond donors (Lipinski definition) is 2. The van der Waals surface area contributed by atoms with Crippen LogP contribution in [0, 0.1) is 19.7 Å². The highest BCUT2D eigenvalue weighted by molar-refractivity contribution is 5.92. The van der Waals surface area contributed by atoms with Gasteiger partial charge in [0.2, 0.25) is 5.91 Å². The lowest BCUT2D eigenvalue weighted by molar-refractivity contribution is -0.115. The molecular weight excluding hydrogens is 257 g/mol. The lowest BCUT2D eigenvalue weighted by Gasteiger charge is -2.09. The van der Waals surface area contributed by atoms with Gasteiger partial charge in [0.15, 0.2) is 0 Å². The van der Waals surface area contributed by atoms with Crippen LogP contribution < -0.4 is 5.32 Å². The molecule has 0 heterocycles. The molecule has 0 bridgehead atoms. The van der Waals surface area contributed by atoms with Gasteiger partial charge in [0.05, 0.1) is 12.1 Å². The predicted molar refractivity (Wildman–Crippen MR) is 76.3 cm³/mol. The van der Waals surface area contributed by atoms with E-state index in [4.69, 9.17) is 5.11 Å². The van der Waals surface area contributed by atoms with Crippen LogP contribution in [0.25, 0.3) is 0 Å². The van der Waals surface area contributed by atoms with Crippen LogP contribution in [-0.4, -0.2) is 11.0 Å². The lowest BCUT2D eigenvalue weighted by Crippen LogP contribution is -2.16. The maximum Gasteiger partial charge on any atom is 0.228 e. The molecule has 4 heteroatoms. The van der Waals surface area contributed by atoms with Crippen molar-refractivity contribution in [2.45, 2.75) is 20.3 Å². The second-order valence-corrected chi connectivity index (χ2v) is 4.82. The van der Waals surface area contributed by atoms with Crippen molar-refractivity contribution in [2.75, 3.05) is 5.32 Å². The van der Waals surface area contributed by atoms with Gasteiger partial charge in [-0.3, -0.25) is 4.79 Å². The number of phenolic OH excluding ortho intramolecular Hbond substituents is 1. The van der Waals surface area contributed by atoms with Crippen molar-refractivity contribution in [1.82, 2.24) is 0 Å². The third-order valence-electron chi connectivity index (χ3n) is 3.08. The molecule has 3 nitrogen and oxygen atoms in total. The number of anilines is 1. The Morgan fingerprint density at radius 3 is 2.65 bits per heavy atom. The second kappa shape index (κ2) is 5.74. The Hall–Kier alpha value is -2.36. The van der Waals surface area contributed by atoms with Gasteiger partial charge in [-0.25, -0.2) is 4.39 Å². The number of benzene rings is 2. The third-order valence-corrected chi connectivity index (χ3v) is 3.08. The Balaban J connectivity index is 2.11. The van der Waals surface area contributed by atoms with Crippen molar-refractivity contribution in [3.8, 4) is 5.75 Å². The van der Waals surface area contributed by atoms with Crippen LogP contribution in [0.15, 0.2) is 36.4 Å². The van der Waals surface area contributed by atoms with E-state index < -0.39 is 5.82 Å². The molecule has 2 rings (SSSR count). The molecule has 0 radical (unpaired) electrons. The van der Waals surface area contributed by atoms with E-state index in [9.17, 15) is 9.18 Å². The van der Waals surface area contributed by atoms with Crippen LogP contribution in [-0.2, 0) is 11.2 Å². The summed E-state index contributed by atoms with van der Waals surface area (Å²) >= 11 is 0.